The molecule has 26 heavy (non-hydrogen) atoms. The van der Waals surface area contributed by atoms with Gasteiger partial charge in [0.2, 0.25) is 10.0 Å². The van der Waals surface area contributed by atoms with Gasteiger partial charge in [-0.25, -0.2) is 8.42 Å². The number of rotatable bonds is 5. The third-order valence-corrected chi connectivity index (χ3v) is 6.95. The minimum Gasteiger partial charge on any atom is -0.493 e. The van der Waals surface area contributed by atoms with E-state index in [1.54, 1.807) is 30.7 Å². The second-order valence-corrected chi connectivity index (χ2v) is 8.47. The summed E-state index contributed by atoms with van der Waals surface area (Å²) in [5.74, 6) is 1.29. The molecule has 5 nitrogen and oxygen atoms in total. The highest BCUT2D eigenvalue weighted by Crippen LogP contribution is 2.36. The summed E-state index contributed by atoms with van der Waals surface area (Å²) in [6.07, 6.45) is 1.53. The first-order valence-electron chi connectivity index (χ1n) is 8.75. The minimum atomic E-state index is -3.55. The lowest BCUT2D eigenvalue weighted by Gasteiger charge is -2.34. The number of benzene rings is 2. The molecule has 0 fully saturated rings. The second kappa shape index (κ2) is 7.29. The second-order valence-electron chi connectivity index (χ2n) is 6.58. The van der Waals surface area contributed by atoms with Crippen LogP contribution in [0.2, 0.25) is 0 Å². The van der Waals surface area contributed by atoms with Crippen LogP contribution in [0.4, 0.5) is 0 Å². The van der Waals surface area contributed by atoms with Crippen molar-refractivity contribution in [1.82, 2.24) is 4.31 Å². The Labute approximate surface area is 155 Å². The highest BCUT2D eigenvalue weighted by molar-refractivity contribution is 7.89. The standard InChI is InChI=1S/C20H25NO4S/c1-5-15-6-8-18(9-7-15)26(22,23)21-13-17-12-20(25-4)19(24-3)11-16(17)10-14(21)2/h6-9,11-12,14H,5,10,13H2,1-4H3. The summed E-state index contributed by atoms with van der Waals surface area (Å²) in [5.41, 5.74) is 3.18. The zero-order valence-electron chi connectivity index (χ0n) is 15.7. The molecule has 2 aromatic rings. The predicted molar refractivity (Wildman–Crippen MR) is 101 cm³/mol. The van der Waals surface area contributed by atoms with E-state index in [0.717, 1.165) is 23.1 Å². The topological polar surface area (TPSA) is 55.8 Å². The molecular formula is C20H25NO4S. The molecule has 2 aromatic carbocycles. The molecule has 0 saturated heterocycles. The first kappa shape index (κ1) is 18.7. The van der Waals surface area contributed by atoms with Gasteiger partial charge in [-0.15, -0.1) is 0 Å². The van der Waals surface area contributed by atoms with E-state index in [0.29, 0.717) is 29.4 Å². The van der Waals surface area contributed by atoms with Crippen LogP contribution < -0.4 is 9.47 Å². The fourth-order valence-electron chi connectivity index (χ4n) is 3.40. The van der Waals surface area contributed by atoms with E-state index in [1.165, 1.54) is 0 Å². The minimum absolute atomic E-state index is 0.128. The van der Waals surface area contributed by atoms with E-state index in [9.17, 15) is 8.42 Å². The van der Waals surface area contributed by atoms with Crippen LogP contribution in [-0.4, -0.2) is 33.0 Å². The van der Waals surface area contributed by atoms with Crippen molar-refractivity contribution >= 4 is 10.0 Å². The Hall–Kier alpha value is -2.05. The van der Waals surface area contributed by atoms with Crippen molar-refractivity contribution in [3.8, 4) is 11.5 Å². The fourth-order valence-corrected chi connectivity index (χ4v) is 5.01. The van der Waals surface area contributed by atoms with Gasteiger partial charge in [0.15, 0.2) is 11.5 Å². The van der Waals surface area contributed by atoms with Crippen LogP contribution in [0.5, 0.6) is 11.5 Å². The van der Waals surface area contributed by atoms with E-state index >= 15 is 0 Å². The molecule has 0 N–H and O–H groups in total. The van der Waals surface area contributed by atoms with Gasteiger partial charge in [-0.05, 0) is 60.7 Å². The lowest BCUT2D eigenvalue weighted by atomic mass is 9.96. The van der Waals surface area contributed by atoms with Gasteiger partial charge in [-0.2, -0.15) is 4.31 Å². The van der Waals surface area contributed by atoms with Crippen molar-refractivity contribution in [1.29, 1.82) is 0 Å². The molecule has 6 heteroatoms. The van der Waals surface area contributed by atoms with Gasteiger partial charge >= 0.3 is 0 Å². The summed E-state index contributed by atoms with van der Waals surface area (Å²) < 4.78 is 38.6. The molecule has 1 heterocycles. The number of ether oxygens (including phenoxy) is 2. The first-order valence-corrected chi connectivity index (χ1v) is 10.2. The number of hydrogen-bond donors (Lipinski definition) is 0. The highest BCUT2D eigenvalue weighted by Gasteiger charge is 2.34. The van der Waals surface area contributed by atoms with Gasteiger partial charge < -0.3 is 9.47 Å². The van der Waals surface area contributed by atoms with Gasteiger partial charge in [0, 0.05) is 12.6 Å². The Morgan fingerprint density at radius 3 is 2.15 bits per heavy atom. The van der Waals surface area contributed by atoms with E-state index < -0.39 is 10.0 Å². The summed E-state index contributed by atoms with van der Waals surface area (Å²) >= 11 is 0. The lowest BCUT2D eigenvalue weighted by molar-refractivity contribution is 0.305. The largest absolute Gasteiger partial charge is 0.493 e. The van der Waals surface area contributed by atoms with E-state index in [2.05, 4.69) is 6.92 Å². The summed E-state index contributed by atoms with van der Waals surface area (Å²) in [4.78, 5) is 0.338. The fraction of sp³-hybridized carbons (Fsp3) is 0.400. The summed E-state index contributed by atoms with van der Waals surface area (Å²) in [6.45, 7) is 4.32. The maximum atomic E-state index is 13.2. The Morgan fingerprint density at radius 2 is 1.62 bits per heavy atom. The molecule has 0 spiro atoms. The van der Waals surface area contributed by atoms with Gasteiger partial charge in [0.05, 0.1) is 19.1 Å². The smallest absolute Gasteiger partial charge is 0.243 e. The SMILES string of the molecule is CCc1ccc(S(=O)(=O)N2Cc3cc(OC)c(OC)cc3CC2C)cc1. The Balaban J connectivity index is 1.97. The molecule has 1 unspecified atom stereocenters. The first-order chi connectivity index (χ1) is 12.4. The van der Waals surface area contributed by atoms with E-state index in [1.807, 2.05) is 31.2 Å². The monoisotopic (exact) mass is 375 g/mol. The van der Waals surface area contributed by atoms with Crippen LogP contribution in [0.1, 0.15) is 30.5 Å². The maximum Gasteiger partial charge on any atom is 0.243 e. The predicted octanol–water partition coefficient (Wildman–Crippen LogP) is 3.40. The van der Waals surface area contributed by atoms with Crippen LogP contribution in [0.15, 0.2) is 41.3 Å². The average Bonchev–Trinajstić information content (AvgIpc) is 2.66. The number of aryl methyl sites for hydroxylation is 1. The maximum absolute atomic E-state index is 13.2. The van der Waals surface area contributed by atoms with Crippen LogP contribution in [0.25, 0.3) is 0 Å². The average molecular weight is 375 g/mol. The molecule has 1 atom stereocenters. The summed E-state index contributed by atoms with van der Waals surface area (Å²) in [5, 5.41) is 0. The van der Waals surface area contributed by atoms with Gasteiger partial charge in [-0.1, -0.05) is 19.1 Å². The quantitative estimate of drug-likeness (QED) is 0.804. The molecule has 140 valence electrons. The van der Waals surface area contributed by atoms with Crippen LogP contribution in [0.3, 0.4) is 0 Å². The third kappa shape index (κ3) is 3.31. The van der Waals surface area contributed by atoms with Crippen LogP contribution in [-0.2, 0) is 29.4 Å². The van der Waals surface area contributed by atoms with Crippen molar-refractivity contribution in [2.75, 3.05) is 14.2 Å². The zero-order chi connectivity index (χ0) is 18.9. The van der Waals surface area contributed by atoms with Gasteiger partial charge in [-0.3, -0.25) is 0 Å². The van der Waals surface area contributed by atoms with Crippen molar-refractivity contribution < 1.29 is 17.9 Å². The van der Waals surface area contributed by atoms with Crippen molar-refractivity contribution in [3.63, 3.8) is 0 Å². The number of methoxy groups -OCH3 is 2. The molecule has 3 rings (SSSR count). The molecule has 0 radical (unpaired) electrons. The molecule has 0 aliphatic carbocycles. The Kier molecular flexibility index (Phi) is 5.25. The molecular weight excluding hydrogens is 350 g/mol. The number of nitrogens with zero attached hydrogens (tertiary/aromatic N) is 1. The normalized spacial score (nSPS) is 17.6. The summed E-state index contributed by atoms with van der Waals surface area (Å²) in [7, 11) is -0.366. The third-order valence-electron chi connectivity index (χ3n) is 4.98. The Bertz CT molecular complexity index is 891. The number of sulfonamides is 1. The molecule has 0 bridgehead atoms. The van der Waals surface area contributed by atoms with Crippen molar-refractivity contribution in [2.24, 2.45) is 0 Å². The molecule has 0 saturated carbocycles. The van der Waals surface area contributed by atoms with E-state index in [-0.39, 0.29) is 6.04 Å². The molecule has 1 aliphatic rings. The molecule has 0 amide bonds. The summed E-state index contributed by atoms with van der Waals surface area (Å²) in [6, 6.07) is 10.9. The van der Waals surface area contributed by atoms with Crippen molar-refractivity contribution in [3.05, 3.63) is 53.1 Å². The molecule has 1 aliphatic heterocycles. The van der Waals surface area contributed by atoms with Crippen LogP contribution in [0, 0.1) is 0 Å². The lowest BCUT2D eigenvalue weighted by Crippen LogP contribution is -2.42. The Morgan fingerprint density at radius 1 is 1.04 bits per heavy atom. The van der Waals surface area contributed by atoms with Crippen molar-refractivity contribution in [2.45, 2.75) is 44.2 Å². The number of hydrogen-bond acceptors (Lipinski definition) is 4. The zero-order valence-corrected chi connectivity index (χ0v) is 16.5. The van der Waals surface area contributed by atoms with E-state index in [4.69, 9.17) is 9.47 Å². The van der Waals surface area contributed by atoms with Gasteiger partial charge in [0.1, 0.15) is 0 Å². The van der Waals surface area contributed by atoms with Crippen LogP contribution >= 0.6 is 0 Å². The molecule has 0 aromatic heterocycles. The highest BCUT2D eigenvalue weighted by atomic mass is 32.2. The van der Waals surface area contributed by atoms with Gasteiger partial charge in [0.25, 0.3) is 0 Å². The number of fused-ring (bicyclic) bond motifs is 1.